The highest BCUT2D eigenvalue weighted by atomic mass is 35.5. The van der Waals surface area contributed by atoms with Crippen LogP contribution in [0.2, 0.25) is 0 Å². The van der Waals surface area contributed by atoms with Gasteiger partial charge in [0, 0.05) is 12.6 Å². The van der Waals surface area contributed by atoms with Gasteiger partial charge in [-0.3, -0.25) is 4.79 Å². The molecule has 1 rings (SSSR count). The minimum atomic E-state index is -0.254. The van der Waals surface area contributed by atoms with Gasteiger partial charge >= 0.3 is 0 Å². The highest BCUT2D eigenvalue weighted by molar-refractivity contribution is 5.85. The Morgan fingerprint density at radius 2 is 1.80 bits per heavy atom. The van der Waals surface area contributed by atoms with Crippen molar-refractivity contribution >= 4 is 18.3 Å². The van der Waals surface area contributed by atoms with Crippen LogP contribution < -0.4 is 11.1 Å². The smallest absolute Gasteiger partial charge is 0.224 e. The van der Waals surface area contributed by atoms with Crippen LogP contribution in [0.1, 0.15) is 45.7 Å². The van der Waals surface area contributed by atoms with E-state index >= 15 is 0 Å². The van der Waals surface area contributed by atoms with E-state index in [4.69, 9.17) is 5.73 Å². The first-order valence-electron chi connectivity index (χ1n) is 6.89. The molecule has 0 aliphatic rings. The lowest BCUT2D eigenvalue weighted by molar-refractivity contribution is -0.125. The van der Waals surface area contributed by atoms with Crippen LogP contribution in [0.25, 0.3) is 0 Å². The van der Waals surface area contributed by atoms with E-state index in [1.165, 1.54) is 0 Å². The van der Waals surface area contributed by atoms with Gasteiger partial charge in [0.1, 0.15) is 0 Å². The molecule has 0 aliphatic carbocycles. The van der Waals surface area contributed by atoms with E-state index < -0.39 is 0 Å². The van der Waals surface area contributed by atoms with Crippen molar-refractivity contribution in [1.29, 1.82) is 0 Å². The van der Waals surface area contributed by atoms with Crippen molar-refractivity contribution in [3.05, 3.63) is 35.9 Å². The third-order valence-corrected chi connectivity index (χ3v) is 3.31. The Balaban J connectivity index is 0.00000361. The number of hydrogen-bond donors (Lipinski definition) is 2. The van der Waals surface area contributed by atoms with Crippen molar-refractivity contribution < 1.29 is 4.79 Å². The Morgan fingerprint density at radius 3 is 2.30 bits per heavy atom. The summed E-state index contributed by atoms with van der Waals surface area (Å²) in [5.41, 5.74) is 7.37. The van der Waals surface area contributed by atoms with Crippen molar-refractivity contribution in [3.63, 3.8) is 0 Å². The standard InChI is InChI=1S/C16H26N2O.ClH/c1-12(14(17)13-8-6-5-7-9-13)15(19)18-11-10-16(2,3)4;/h5-9,12,14H,10-11,17H2,1-4H3,(H,18,19);1H. The van der Waals surface area contributed by atoms with Crippen LogP contribution in [0.4, 0.5) is 0 Å². The maximum atomic E-state index is 12.1. The third-order valence-electron chi connectivity index (χ3n) is 3.31. The molecule has 0 fully saturated rings. The molecule has 20 heavy (non-hydrogen) atoms. The van der Waals surface area contributed by atoms with Gasteiger partial charge in [-0.15, -0.1) is 12.4 Å². The minimum absolute atomic E-state index is 0. The van der Waals surface area contributed by atoms with Crippen molar-refractivity contribution in [2.45, 2.75) is 40.2 Å². The summed E-state index contributed by atoms with van der Waals surface area (Å²) in [6, 6.07) is 9.51. The fourth-order valence-corrected chi connectivity index (χ4v) is 1.85. The Hall–Kier alpha value is -1.06. The van der Waals surface area contributed by atoms with Crippen LogP contribution in [0.15, 0.2) is 30.3 Å². The molecule has 0 spiro atoms. The fourth-order valence-electron chi connectivity index (χ4n) is 1.85. The van der Waals surface area contributed by atoms with E-state index in [1.807, 2.05) is 37.3 Å². The van der Waals surface area contributed by atoms with Gasteiger partial charge < -0.3 is 11.1 Å². The van der Waals surface area contributed by atoms with E-state index in [2.05, 4.69) is 26.1 Å². The number of carbonyl (C=O) groups excluding carboxylic acids is 1. The maximum absolute atomic E-state index is 12.1. The first-order chi connectivity index (χ1) is 8.81. The zero-order chi connectivity index (χ0) is 14.5. The molecule has 1 aromatic carbocycles. The molecule has 0 heterocycles. The van der Waals surface area contributed by atoms with E-state index in [9.17, 15) is 4.79 Å². The van der Waals surface area contributed by atoms with Gasteiger partial charge in [-0.25, -0.2) is 0 Å². The average Bonchev–Trinajstić information content (AvgIpc) is 2.36. The minimum Gasteiger partial charge on any atom is -0.356 e. The van der Waals surface area contributed by atoms with Gasteiger partial charge in [-0.05, 0) is 17.4 Å². The number of amides is 1. The lowest BCUT2D eigenvalue weighted by Crippen LogP contribution is -2.36. The average molecular weight is 299 g/mol. The Bertz CT molecular complexity index is 401. The first kappa shape index (κ1) is 18.9. The molecule has 0 radical (unpaired) electrons. The van der Waals surface area contributed by atoms with Gasteiger partial charge in [0.05, 0.1) is 5.92 Å². The van der Waals surface area contributed by atoms with Crippen LogP contribution in [0.5, 0.6) is 0 Å². The molecule has 114 valence electrons. The summed E-state index contributed by atoms with van der Waals surface area (Å²) in [5, 5.41) is 2.97. The molecule has 0 aromatic heterocycles. The molecular weight excluding hydrogens is 272 g/mol. The molecule has 3 N–H and O–H groups in total. The van der Waals surface area contributed by atoms with Crippen LogP contribution in [0.3, 0.4) is 0 Å². The zero-order valence-electron chi connectivity index (χ0n) is 12.8. The van der Waals surface area contributed by atoms with E-state index in [-0.39, 0.29) is 35.7 Å². The Labute approximate surface area is 128 Å². The number of benzene rings is 1. The SMILES string of the molecule is CC(C(=O)NCCC(C)(C)C)C(N)c1ccccc1.Cl. The predicted molar refractivity (Wildman–Crippen MR) is 86.9 cm³/mol. The Morgan fingerprint density at radius 1 is 1.25 bits per heavy atom. The van der Waals surface area contributed by atoms with Gasteiger partial charge in [-0.2, -0.15) is 0 Å². The second kappa shape index (κ2) is 8.28. The molecule has 0 saturated heterocycles. The van der Waals surface area contributed by atoms with Crippen molar-refractivity contribution in [2.75, 3.05) is 6.54 Å². The number of nitrogens with one attached hydrogen (secondary N) is 1. The number of nitrogens with two attached hydrogens (primary N) is 1. The second-order valence-electron chi connectivity index (χ2n) is 6.33. The molecule has 2 unspecified atom stereocenters. The number of rotatable bonds is 5. The topological polar surface area (TPSA) is 55.1 Å². The van der Waals surface area contributed by atoms with Gasteiger partial charge in [0.2, 0.25) is 5.91 Å². The van der Waals surface area contributed by atoms with Crippen molar-refractivity contribution in [3.8, 4) is 0 Å². The molecular formula is C16H27ClN2O. The second-order valence-corrected chi connectivity index (χ2v) is 6.33. The van der Waals surface area contributed by atoms with E-state index in [0.29, 0.717) is 6.54 Å². The molecule has 3 nitrogen and oxygen atoms in total. The van der Waals surface area contributed by atoms with Crippen LogP contribution in [0, 0.1) is 11.3 Å². The molecule has 4 heteroatoms. The van der Waals surface area contributed by atoms with Gasteiger partial charge in [-0.1, -0.05) is 58.0 Å². The summed E-state index contributed by atoms with van der Waals surface area (Å²) < 4.78 is 0. The summed E-state index contributed by atoms with van der Waals surface area (Å²) in [5.74, 6) is -0.192. The normalized spacial score (nSPS) is 14.1. The maximum Gasteiger partial charge on any atom is 0.224 e. The van der Waals surface area contributed by atoms with Crippen molar-refractivity contribution in [2.24, 2.45) is 17.1 Å². The van der Waals surface area contributed by atoms with Crippen LogP contribution in [-0.2, 0) is 4.79 Å². The highest BCUT2D eigenvalue weighted by Gasteiger charge is 2.22. The Kier molecular flexibility index (Phi) is 7.84. The van der Waals surface area contributed by atoms with Crippen LogP contribution in [-0.4, -0.2) is 12.5 Å². The van der Waals surface area contributed by atoms with Crippen molar-refractivity contribution in [1.82, 2.24) is 5.32 Å². The lowest BCUT2D eigenvalue weighted by atomic mass is 9.91. The summed E-state index contributed by atoms with van der Waals surface area (Å²) in [4.78, 5) is 12.1. The van der Waals surface area contributed by atoms with E-state index in [1.54, 1.807) is 0 Å². The molecule has 0 aliphatic heterocycles. The largest absolute Gasteiger partial charge is 0.356 e. The van der Waals surface area contributed by atoms with Gasteiger partial charge in [0.15, 0.2) is 0 Å². The first-order valence-corrected chi connectivity index (χ1v) is 6.89. The van der Waals surface area contributed by atoms with E-state index in [0.717, 1.165) is 12.0 Å². The predicted octanol–water partition coefficient (Wildman–Crippen LogP) is 3.30. The number of halogens is 1. The van der Waals surface area contributed by atoms with Gasteiger partial charge in [0.25, 0.3) is 0 Å². The summed E-state index contributed by atoms with van der Waals surface area (Å²) >= 11 is 0. The highest BCUT2D eigenvalue weighted by Crippen LogP contribution is 2.20. The fraction of sp³-hybridized carbons (Fsp3) is 0.562. The number of hydrogen-bond acceptors (Lipinski definition) is 2. The molecule has 1 amide bonds. The quantitative estimate of drug-likeness (QED) is 0.876. The summed E-state index contributed by atoms with van der Waals surface area (Å²) in [7, 11) is 0. The van der Waals surface area contributed by atoms with Crippen LogP contribution >= 0.6 is 12.4 Å². The molecule has 2 atom stereocenters. The summed E-state index contributed by atoms with van der Waals surface area (Å²) in [6.45, 7) is 9.08. The zero-order valence-corrected chi connectivity index (χ0v) is 13.7. The monoisotopic (exact) mass is 298 g/mol. The molecule has 1 aromatic rings. The molecule has 0 saturated carbocycles. The lowest BCUT2D eigenvalue weighted by Gasteiger charge is -2.22. The third kappa shape index (κ3) is 6.40. The summed E-state index contributed by atoms with van der Waals surface area (Å²) in [6.07, 6.45) is 0.964. The number of carbonyl (C=O) groups is 1. The molecule has 0 bridgehead atoms.